The zero-order valence-corrected chi connectivity index (χ0v) is 15.2. The third-order valence-electron chi connectivity index (χ3n) is 3.20. The summed E-state index contributed by atoms with van der Waals surface area (Å²) in [5.41, 5.74) is 2.29. The summed E-state index contributed by atoms with van der Waals surface area (Å²) >= 11 is 4.68. The summed E-state index contributed by atoms with van der Waals surface area (Å²) in [6, 6.07) is 13.5. The minimum atomic E-state index is 0.471. The van der Waals surface area contributed by atoms with Gasteiger partial charge >= 0.3 is 0 Å². The highest BCUT2D eigenvalue weighted by Gasteiger charge is 2.10. The Labute approximate surface area is 152 Å². The van der Waals surface area contributed by atoms with Crippen molar-refractivity contribution in [2.45, 2.75) is 6.92 Å². The Morgan fingerprint density at radius 3 is 2.75 bits per heavy atom. The van der Waals surface area contributed by atoms with E-state index in [4.69, 9.17) is 9.15 Å². The van der Waals surface area contributed by atoms with E-state index in [1.807, 2.05) is 36.6 Å². The van der Waals surface area contributed by atoms with Gasteiger partial charge in [-0.3, -0.25) is 0 Å². The van der Waals surface area contributed by atoms with E-state index in [0.29, 0.717) is 27.6 Å². The van der Waals surface area contributed by atoms with Crippen LogP contribution in [0.25, 0.3) is 22.9 Å². The van der Waals surface area contributed by atoms with Crippen molar-refractivity contribution in [1.29, 1.82) is 5.26 Å². The van der Waals surface area contributed by atoms with E-state index < -0.39 is 0 Å². The van der Waals surface area contributed by atoms with Gasteiger partial charge in [0.05, 0.1) is 17.9 Å². The average molecular weight is 401 g/mol. The van der Waals surface area contributed by atoms with Gasteiger partial charge in [0.1, 0.15) is 22.6 Å². The first-order chi connectivity index (χ1) is 11.7. The lowest BCUT2D eigenvalue weighted by atomic mass is 10.1. The summed E-state index contributed by atoms with van der Waals surface area (Å²) in [5, 5.41) is 12.0. The molecule has 0 amide bonds. The molecule has 4 nitrogen and oxygen atoms in total. The van der Waals surface area contributed by atoms with E-state index >= 15 is 0 Å². The number of aromatic nitrogens is 1. The number of furan rings is 1. The Morgan fingerprint density at radius 1 is 1.33 bits per heavy atom. The van der Waals surface area contributed by atoms with Crippen molar-refractivity contribution < 1.29 is 9.15 Å². The maximum Gasteiger partial charge on any atom is 0.169 e. The highest BCUT2D eigenvalue weighted by molar-refractivity contribution is 9.10. The minimum absolute atomic E-state index is 0.471. The number of nitriles is 1. The molecule has 24 heavy (non-hydrogen) atoms. The number of nitrogens with zero attached hydrogens (tertiary/aromatic N) is 2. The minimum Gasteiger partial charge on any atom is -0.494 e. The number of rotatable bonds is 5. The SMILES string of the molecule is CCOc1ccc(-c2csc(C(C#N)=Cc3ccc(Br)o3)n2)cc1. The Balaban J connectivity index is 1.86. The van der Waals surface area contributed by atoms with Crippen molar-refractivity contribution in [3.05, 3.63) is 57.2 Å². The standard InChI is InChI=1S/C18H13BrN2O2S/c1-2-22-14-5-3-12(4-6-14)16-11-24-18(21-16)13(10-20)9-15-7-8-17(19)23-15/h3-9,11H,2H2,1H3. The molecule has 3 rings (SSSR count). The van der Waals surface area contributed by atoms with Gasteiger partial charge in [0.15, 0.2) is 4.67 Å². The molecule has 0 spiro atoms. The van der Waals surface area contributed by atoms with Crippen LogP contribution in [-0.4, -0.2) is 11.6 Å². The average Bonchev–Trinajstić information content (AvgIpc) is 3.23. The smallest absolute Gasteiger partial charge is 0.169 e. The lowest BCUT2D eigenvalue weighted by Crippen LogP contribution is -1.90. The second kappa shape index (κ2) is 7.47. The fourth-order valence-corrected chi connectivity index (χ4v) is 3.22. The van der Waals surface area contributed by atoms with Gasteiger partial charge in [-0.25, -0.2) is 4.98 Å². The van der Waals surface area contributed by atoms with Gasteiger partial charge in [-0.2, -0.15) is 5.26 Å². The van der Waals surface area contributed by atoms with E-state index in [1.165, 1.54) is 11.3 Å². The molecule has 0 saturated carbocycles. The molecule has 0 fully saturated rings. The van der Waals surface area contributed by atoms with Crippen LogP contribution in [0.2, 0.25) is 0 Å². The van der Waals surface area contributed by atoms with Crippen molar-refractivity contribution in [3.8, 4) is 23.1 Å². The predicted molar refractivity (Wildman–Crippen MR) is 98.6 cm³/mol. The summed E-state index contributed by atoms with van der Waals surface area (Å²) in [7, 11) is 0. The summed E-state index contributed by atoms with van der Waals surface area (Å²) < 4.78 is 11.5. The van der Waals surface area contributed by atoms with Gasteiger partial charge in [0.2, 0.25) is 0 Å². The van der Waals surface area contributed by atoms with Gasteiger partial charge in [-0.15, -0.1) is 11.3 Å². The molecule has 120 valence electrons. The predicted octanol–water partition coefficient (Wildman–Crippen LogP) is 5.63. The highest BCUT2D eigenvalue weighted by atomic mass is 79.9. The van der Waals surface area contributed by atoms with Crippen LogP contribution in [0.3, 0.4) is 0 Å². The number of thiazole rings is 1. The van der Waals surface area contributed by atoms with E-state index in [9.17, 15) is 5.26 Å². The first-order valence-electron chi connectivity index (χ1n) is 7.26. The zero-order chi connectivity index (χ0) is 16.9. The molecule has 0 aliphatic heterocycles. The summed E-state index contributed by atoms with van der Waals surface area (Å²) in [6.07, 6.45) is 1.69. The van der Waals surface area contributed by atoms with Crippen LogP contribution in [-0.2, 0) is 0 Å². The van der Waals surface area contributed by atoms with Crippen LogP contribution < -0.4 is 4.74 Å². The monoisotopic (exact) mass is 400 g/mol. The zero-order valence-electron chi connectivity index (χ0n) is 12.8. The molecule has 0 aliphatic carbocycles. The quantitative estimate of drug-likeness (QED) is 0.520. The Kier molecular flexibility index (Phi) is 5.14. The number of halogens is 1. The van der Waals surface area contributed by atoms with Crippen molar-refractivity contribution in [2.24, 2.45) is 0 Å². The van der Waals surface area contributed by atoms with Gasteiger partial charge < -0.3 is 9.15 Å². The van der Waals surface area contributed by atoms with E-state index in [-0.39, 0.29) is 0 Å². The summed E-state index contributed by atoms with van der Waals surface area (Å²) in [5.74, 6) is 1.44. The van der Waals surface area contributed by atoms with Crippen molar-refractivity contribution >= 4 is 38.9 Å². The number of allylic oxidation sites excluding steroid dienone is 1. The van der Waals surface area contributed by atoms with Crippen LogP contribution >= 0.6 is 27.3 Å². The van der Waals surface area contributed by atoms with Gasteiger partial charge in [-0.1, -0.05) is 0 Å². The molecular formula is C18H13BrN2O2S. The van der Waals surface area contributed by atoms with E-state index in [2.05, 4.69) is 27.0 Å². The van der Waals surface area contributed by atoms with Gasteiger partial charge in [0.25, 0.3) is 0 Å². The largest absolute Gasteiger partial charge is 0.494 e. The highest BCUT2D eigenvalue weighted by Crippen LogP contribution is 2.28. The normalized spacial score (nSPS) is 11.3. The Bertz CT molecular complexity index is 904. The molecule has 2 aromatic heterocycles. The number of hydrogen-bond donors (Lipinski definition) is 0. The van der Waals surface area contributed by atoms with Gasteiger partial charge in [-0.05, 0) is 59.3 Å². The molecule has 0 radical (unpaired) electrons. The molecule has 0 unspecified atom stereocenters. The number of ether oxygens (including phenoxy) is 1. The second-order valence-electron chi connectivity index (χ2n) is 4.81. The molecule has 3 aromatic rings. The topological polar surface area (TPSA) is 59.0 Å². The van der Waals surface area contributed by atoms with Crippen molar-refractivity contribution in [3.63, 3.8) is 0 Å². The van der Waals surface area contributed by atoms with Crippen LogP contribution in [0.1, 0.15) is 17.7 Å². The van der Waals surface area contributed by atoms with Crippen LogP contribution in [0.4, 0.5) is 0 Å². The van der Waals surface area contributed by atoms with Crippen LogP contribution in [0.15, 0.2) is 50.9 Å². The lowest BCUT2D eigenvalue weighted by Gasteiger charge is -2.03. The fourth-order valence-electron chi connectivity index (χ4n) is 2.11. The maximum absolute atomic E-state index is 9.40. The van der Waals surface area contributed by atoms with E-state index in [1.54, 1.807) is 18.2 Å². The number of hydrogen-bond acceptors (Lipinski definition) is 5. The summed E-state index contributed by atoms with van der Waals surface area (Å²) in [6.45, 7) is 2.59. The first kappa shape index (κ1) is 16.5. The van der Waals surface area contributed by atoms with Crippen LogP contribution in [0.5, 0.6) is 5.75 Å². The molecule has 0 aliphatic rings. The molecule has 0 bridgehead atoms. The third-order valence-corrected chi connectivity index (χ3v) is 4.50. The Hall–Kier alpha value is -2.36. The third kappa shape index (κ3) is 3.75. The molecule has 1 aromatic carbocycles. The first-order valence-corrected chi connectivity index (χ1v) is 8.93. The molecule has 6 heteroatoms. The summed E-state index contributed by atoms with van der Waals surface area (Å²) in [4.78, 5) is 4.56. The maximum atomic E-state index is 9.40. The van der Waals surface area contributed by atoms with Crippen LogP contribution in [0, 0.1) is 11.3 Å². The fraction of sp³-hybridized carbons (Fsp3) is 0.111. The van der Waals surface area contributed by atoms with Crippen molar-refractivity contribution in [2.75, 3.05) is 6.61 Å². The van der Waals surface area contributed by atoms with Gasteiger partial charge in [0, 0.05) is 17.0 Å². The molecule has 0 N–H and O–H groups in total. The van der Waals surface area contributed by atoms with E-state index in [0.717, 1.165) is 17.0 Å². The lowest BCUT2D eigenvalue weighted by molar-refractivity contribution is 0.340. The van der Waals surface area contributed by atoms with Crippen molar-refractivity contribution in [1.82, 2.24) is 4.98 Å². The number of benzene rings is 1. The Morgan fingerprint density at radius 2 is 2.12 bits per heavy atom. The molecule has 2 heterocycles. The second-order valence-corrected chi connectivity index (χ2v) is 6.45. The molecule has 0 saturated heterocycles. The molecule has 0 atom stereocenters. The molecular weight excluding hydrogens is 388 g/mol.